The zero-order valence-corrected chi connectivity index (χ0v) is 20.9. The first-order valence-electron chi connectivity index (χ1n) is 12.8. The number of amides is 1. The first-order chi connectivity index (χ1) is 17.8. The van der Waals surface area contributed by atoms with Crippen LogP contribution in [0.3, 0.4) is 0 Å². The molecule has 3 aliphatic rings. The van der Waals surface area contributed by atoms with Crippen LogP contribution in [-0.2, 0) is 10.2 Å². The number of aromatic nitrogens is 4. The number of carbonyl (C=O) groups excluding carboxylic acids is 1. The monoisotopic (exact) mass is 505 g/mol. The van der Waals surface area contributed by atoms with Crippen molar-refractivity contribution in [1.82, 2.24) is 25.1 Å². The number of hydrogen-bond donors (Lipinski definition) is 1. The van der Waals surface area contributed by atoms with Crippen LogP contribution in [0.2, 0.25) is 0 Å². The molecule has 1 unspecified atom stereocenters. The summed E-state index contributed by atoms with van der Waals surface area (Å²) in [4.78, 5) is 23.4. The normalized spacial score (nSPS) is 25.8. The summed E-state index contributed by atoms with van der Waals surface area (Å²) in [5.41, 5.74) is 1.96. The summed E-state index contributed by atoms with van der Waals surface area (Å²) in [6.45, 7) is 5.03. The van der Waals surface area contributed by atoms with Crippen molar-refractivity contribution in [3.63, 3.8) is 0 Å². The van der Waals surface area contributed by atoms with E-state index >= 15 is 0 Å². The minimum Gasteiger partial charge on any atom is -0.387 e. The van der Waals surface area contributed by atoms with Gasteiger partial charge < -0.3 is 10.0 Å². The number of carbonyl (C=O) groups is 1. The summed E-state index contributed by atoms with van der Waals surface area (Å²) in [7, 11) is 0. The Balaban J connectivity index is 1.42. The second-order valence-corrected chi connectivity index (χ2v) is 11.0. The average Bonchev–Trinajstić information content (AvgIpc) is 3.29. The molecule has 3 atom stereocenters. The third-order valence-electron chi connectivity index (χ3n) is 8.99. The Labute approximate surface area is 214 Å². The van der Waals surface area contributed by atoms with Gasteiger partial charge in [-0.1, -0.05) is 19.9 Å². The maximum atomic E-state index is 14.5. The molecule has 1 saturated carbocycles. The molecule has 6 rings (SSSR count). The third-order valence-corrected chi connectivity index (χ3v) is 8.99. The fraction of sp³-hybridized carbons (Fsp3) is 0.464. The Morgan fingerprint density at radius 1 is 1.16 bits per heavy atom. The largest absolute Gasteiger partial charge is 0.387 e. The molecule has 2 aliphatic carbocycles. The van der Waals surface area contributed by atoms with Crippen molar-refractivity contribution in [3.05, 3.63) is 70.9 Å². The summed E-state index contributed by atoms with van der Waals surface area (Å²) in [5, 5.41) is 18.2. The molecule has 3 aromatic rings. The lowest BCUT2D eigenvalue weighted by Crippen LogP contribution is -2.41. The Morgan fingerprint density at radius 2 is 1.95 bits per heavy atom. The molecule has 1 amide bonds. The van der Waals surface area contributed by atoms with Crippen LogP contribution >= 0.6 is 0 Å². The molecule has 192 valence electrons. The Hall–Kier alpha value is -3.33. The van der Waals surface area contributed by atoms with E-state index in [0.29, 0.717) is 18.9 Å². The van der Waals surface area contributed by atoms with Crippen LogP contribution in [0, 0.1) is 17.0 Å². The van der Waals surface area contributed by atoms with Crippen molar-refractivity contribution >= 4 is 5.91 Å². The van der Waals surface area contributed by atoms with E-state index in [2.05, 4.69) is 29.0 Å². The molecule has 3 heterocycles. The Morgan fingerprint density at radius 3 is 2.70 bits per heavy atom. The summed E-state index contributed by atoms with van der Waals surface area (Å²) >= 11 is 0. The highest BCUT2D eigenvalue weighted by Crippen LogP contribution is 2.69. The number of halogens is 2. The van der Waals surface area contributed by atoms with Gasteiger partial charge in [0.05, 0.1) is 28.1 Å². The van der Waals surface area contributed by atoms with Crippen molar-refractivity contribution in [2.24, 2.45) is 5.41 Å². The molecule has 0 radical (unpaired) electrons. The van der Waals surface area contributed by atoms with Gasteiger partial charge in [-0.2, -0.15) is 5.10 Å². The second-order valence-electron chi connectivity index (χ2n) is 11.0. The highest BCUT2D eigenvalue weighted by molar-refractivity contribution is 5.77. The van der Waals surface area contributed by atoms with Gasteiger partial charge in [-0.25, -0.2) is 18.7 Å². The molecule has 7 nitrogen and oxygen atoms in total. The molecule has 2 bridgehead atoms. The van der Waals surface area contributed by atoms with E-state index in [4.69, 9.17) is 4.98 Å². The fourth-order valence-corrected chi connectivity index (χ4v) is 7.08. The van der Waals surface area contributed by atoms with Gasteiger partial charge in [0.2, 0.25) is 5.91 Å². The highest BCUT2D eigenvalue weighted by Gasteiger charge is 2.65. The zero-order valence-electron chi connectivity index (χ0n) is 20.9. The summed E-state index contributed by atoms with van der Waals surface area (Å²) in [5.74, 6) is -0.771. The number of nitrogens with zero attached hydrogens (tertiary/aromatic N) is 5. The zero-order chi connectivity index (χ0) is 25.9. The van der Waals surface area contributed by atoms with E-state index in [1.165, 1.54) is 18.2 Å². The summed E-state index contributed by atoms with van der Waals surface area (Å²) in [6, 6.07) is 7.54. The predicted octanol–water partition coefficient (Wildman–Crippen LogP) is 4.11. The number of aliphatic hydroxyl groups excluding tert-OH is 1. The fourth-order valence-electron chi connectivity index (χ4n) is 7.08. The molecular formula is C28H29F2N5O2. The Bertz CT molecular complexity index is 1380. The highest BCUT2D eigenvalue weighted by atomic mass is 19.1. The molecule has 2 aromatic heterocycles. The van der Waals surface area contributed by atoms with Gasteiger partial charge in [-0.15, -0.1) is 5.10 Å². The van der Waals surface area contributed by atoms with Crippen LogP contribution in [0.1, 0.15) is 74.1 Å². The number of piperidine rings is 1. The first-order valence-corrected chi connectivity index (χ1v) is 12.8. The lowest BCUT2D eigenvalue weighted by atomic mass is 9.66. The molecule has 1 saturated heterocycles. The van der Waals surface area contributed by atoms with E-state index in [1.807, 2.05) is 6.07 Å². The standard InChI is InChI=1S/C28H29F2N5O2/c1-27(2)18-8-10-28(27,25-17(18)13-21(33-34-25)24-19(29)6-3-7-20(24)30)22-9-11-31-26(32-22)16-5-4-12-35(14-16)23(37)15-36/h3,6-7,9,11,13,16,18,36H,4-5,8,10,12,14-15H2,1-2H3/t16?,18-,28-/m0/s1. The van der Waals surface area contributed by atoms with Gasteiger partial charge in [0.15, 0.2) is 0 Å². The van der Waals surface area contributed by atoms with E-state index in [1.54, 1.807) is 17.2 Å². The number of aliphatic hydroxyl groups is 1. The van der Waals surface area contributed by atoms with E-state index in [9.17, 15) is 18.7 Å². The van der Waals surface area contributed by atoms with Crippen LogP contribution < -0.4 is 0 Å². The Kier molecular flexibility index (Phi) is 5.60. The third kappa shape index (κ3) is 3.43. The van der Waals surface area contributed by atoms with E-state index in [-0.39, 0.29) is 34.4 Å². The maximum absolute atomic E-state index is 14.5. The van der Waals surface area contributed by atoms with Gasteiger partial charge in [0.1, 0.15) is 24.1 Å². The van der Waals surface area contributed by atoms with Gasteiger partial charge in [-0.3, -0.25) is 4.79 Å². The van der Waals surface area contributed by atoms with Crippen molar-refractivity contribution < 1.29 is 18.7 Å². The van der Waals surface area contributed by atoms with Crippen LogP contribution in [0.5, 0.6) is 0 Å². The van der Waals surface area contributed by atoms with Crippen molar-refractivity contribution in [1.29, 1.82) is 0 Å². The van der Waals surface area contributed by atoms with E-state index < -0.39 is 23.7 Å². The quantitative estimate of drug-likeness (QED) is 0.574. The van der Waals surface area contributed by atoms with Crippen LogP contribution in [0.4, 0.5) is 8.78 Å². The molecule has 2 fully saturated rings. The van der Waals surface area contributed by atoms with Crippen LogP contribution in [0.25, 0.3) is 11.3 Å². The SMILES string of the molecule is CC1(C)[C@H]2CC[C@]1(c1ccnc(C3CCCN(C(=O)CO)C3)n1)c1nnc(-c3c(F)cccc3F)cc12. The number of hydrogen-bond acceptors (Lipinski definition) is 6. The van der Waals surface area contributed by atoms with Gasteiger partial charge >= 0.3 is 0 Å². The first kappa shape index (κ1) is 24.0. The van der Waals surface area contributed by atoms with Gasteiger partial charge in [0, 0.05) is 25.2 Å². The average molecular weight is 506 g/mol. The van der Waals surface area contributed by atoms with Gasteiger partial charge in [-0.05, 0) is 66.8 Å². The molecule has 1 aromatic carbocycles. The van der Waals surface area contributed by atoms with Crippen molar-refractivity contribution in [2.75, 3.05) is 19.7 Å². The van der Waals surface area contributed by atoms with Crippen molar-refractivity contribution in [3.8, 4) is 11.3 Å². The number of fused-ring (bicyclic) bond motifs is 5. The molecule has 37 heavy (non-hydrogen) atoms. The summed E-state index contributed by atoms with van der Waals surface area (Å²) in [6.07, 6.45) is 5.22. The van der Waals surface area contributed by atoms with Crippen LogP contribution in [-0.4, -0.2) is 55.8 Å². The lowest BCUT2D eigenvalue weighted by Gasteiger charge is -2.38. The molecule has 9 heteroatoms. The molecule has 1 aliphatic heterocycles. The van der Waals surface area contributed by atoms with Crippen molar-refractivity contribution in [2.45, 2.75) is 56.8 Å². The van der Waals surface area contributed by atoms with E-state index in [0.717, 1.165) is 42.6 Å². The van der Waals surface area contributed by atoms with Gasteiger partial charge in [0.25, 0.3) is 0 Å². The predicted molar refractivity (Wildman–Crippen MR) is 132 cm³/mol. The topological polar surface area (TPSA) is 92.1 Å². The molecule has 0 spiro atoms. The van der Waals surface area contributed by atoms with Crippen LogP contribution in [0.15, 0.2) is 36.5 Å². The summed E-state index contributed by atoms with van der Waals surface area (Å²) < 4.78 is 29.1. The lowest BCUT2D eigenvalue weighted by molar-refractivity contribution is -0.135. The smallest absolute Gasteiger partial charge is 0.248 e. The minimum atomic E-state index is -0.659. The minimum absolute atomic E-state index is 0.0146. The molecule has 1 N–H and O–H groups in total. The number of likely N-dealkylation sites (tertiary alicyclic amines) is 1. The maximum Gasteiger partial charge on any atom is 0.248 e. The molecular weight excluding hydrogens is 476 g/mol. The number of benzene rings is 1. The second kappa shape index (κ2) is 8.62. The number of rotatable bonds is 4.